The summed E-state index contributed by atoms with van der Waals surface area (Å²) in [5.74, 6) is -0.279. The first-order valence-corrected chi connectivity index (χ1v) is 11.4. The summed E-state index contributed by atoms with van der Waals surface area (Å²) >= 11 is 0. The molecule has 3 aromatic carbocycles. The predicted octanol–water partition coefficient (Wildman–Crippen LogP) is 7.55. The molecule has 1 heterocycles. The maximum atomic E-state index is 13.0. The highest BCUT2D eigenvalue weighted by Crippen LogP contribution is 2.48. The van der Waals surface area contributed by atoms with E-state index < -0.39 is 5.60 Å². The molecule has 0 unspecified atom stereocenters. The second-order valence-corrected chi connectivity index (χ2v) is 10.0. The predicted molar refractivity (Wildman–Crippen MR) is 127 cm³/mol. The number of esters is 1. The summed E-state index contributed by atoms with van der Waals surface area (Å²) in [5.41, 5.74) is 1.10. The molecule has 5 rings (SSSR count). The number of allylic oxidation sites excluding steroid dienone is 3. The molecule has 0 spiro atoms. The molecule has 0 amide bonds. The molecule has 4 aromatic rings. The van der Waals surface area contributed by atoms with Crippen LogP contribution in [0.25, 0.3) is 25.1 Å². The molecule has 2 nitrogen and oxygen atoms in total. The Bertz CT molecular complexity index is 1280. The van der Waals surface area contributed by atoms with Crippen LogP contribution in [0.1, 0.15) is 30.6 Å². The van der Waals surface area contributed by atoms with Gasteiger partial charge in [-0.15, -0.1) is 0 Å². The van der Waals surface area contributed by atoms with E-state index in [1.54, 1.807) is 0 Å². The Morgan fingerprint density at radius 1 is 0.900 bits per heavy atom. The second kappa shape index (κ2) is 7.26. The Morgan fingerprint density at radius 3 is 2.20 bits per heavy atom. The van der Waals surface area contributed by atoms with Crippen molar-refractivity contribution < 1.29 is 9.53 Å². The van der Waals surface area contributed by atoms with Crippen LogP contribution in [0.5, 0.6) is 0 Å². The van der Waals surface area contributed by atoms with Gasteiger partial charge < -0.3 is 4.74 Å². The second-order valence-electron chi connectivity index (χ2n) is 8.05. The van der Waals surface area contributed by atoms with Gasteiger partial charge in [-0.3, -0.25) is 0 Å². The molecule has 1 aromatic heterocycles. The molecule has 0 aliphatic heterocycles. The third kappa shape index (κ3) is 3.16. The molecule has 0 saturated carbocycles. The summed E-state index contributed by atoms with van der Waals surface area (Å²) in [5, 5.41) is 2.57. The van der Waals surface area contributed by atoms with E-state index in [9.17, 15) is 4.79 Å². The Kier molecular flexibility index (Phi) is 4.56. The van der Waals surface area contributed by atoms with Crippen molar-refractivity contribution >= 4 is 36.6 Å². The summed E-state index contributed by atoms with van der Waals surface area (Å²) in [6.45, 7) is 3.91. The van der Waals surface area contributed by atoms with Gasteiger partial charge in [0.15, 0.2) is 14.3 Å². The molecular formula is C27H23O2S+. The summed E-state index contributed by atoms with van der Waals surface area (Å²) in [6.07, 6.45) is 6.97. The fraction of sp³-hybridized carbons (Fsp3) is 0.148. The average Bonchev–Trinajstić information content (AvgIpc) is 3.41. The van der Waals surface area contributed by atoms with E-state index >= 15 is 0 Å². The van der Waals surface area contributed by atoms with Gasteiger partial charge in [0.1, 0.15) is 5.60 Å². The number of benzene rings is 3. The Labute approximate surface area is 179 Å². The number of rotatable bonds is 4. The molecule has 1 aliphatic rings. The molecular weight excluding hydrogens is 388 g/mol. The van der Waals surface area contributed by atoms with Crippen LogP contribution in [0.15, 0.2) is 96.6 Å². The minimum atomic E-state index is -0.620. The maximum Gasteiger partial charge on any atom is 0.339 e. The van der Waals surface area contributed by atoms with Crippen LogP contribution in [-0.4, -0.2) is 11.6 Å². The van der Waals surface area contributed by atoms with Gasteiger partial charge in [-0.25, -0.2) is 4.79 Å². The number of thiophene rings is 1. The molecule has 30 heavy (non-hydrogen) atoms. The van der Waals surface area contributed by atoms with E-state index in [1.807, 2.05) is 44.2 Å². The van der Waals surface area contributed by atoms with Gasteiger partial charge in [-0.2, -0.15) is 0 Å². The SMILES string of the molecule is CC(C)(OC(=O)c1cccc(-[s+]2c3ccccc3c3ccccc32)c1)C1=CC=CC1. The lowest BCUT2D eigenvalue weighted by molar-refractivity contribution is 0.0129. The van der Waals surface area contributed by atoms with E-state index in [1.165, 1.54) is 20.2 Å². The van der Waals surface area contributed by atoms with Crippen LogP contribution in [0.3, 0.4) is 0 Å². The fourth-order valence-electron chi connectivity index (χ4n) is 4.11. The Morgan fingerprint density at radius 2 is 1.57 bits per heavy atom. The van der Waals surface area contributed by atoms with Crippen molar-refractivity contribution in [3.05, 3.63) is 102 Å². The third-order valence-electron chi connectivity index (χ3n) is 5.70. The van der Waals surface area contributed by atoms with Gasteiger partial charge in [0.05, 0.1) is 5.56 Å². The standard InChI is InChI=1S/C27H23O2S/c1-27(2,20-11-3-4-12-20)29-26(28)19-10-9-13-21(18-19)30-24-16-7-5-14-22(24)23-15-6-8-17-25(23)30/h3-11,13-18H,12H2,1-2H3/q+1. The maximum absolute atomic E-state index is 13.0. The minimum Gasteiger partial charge on any atom is -0.452 e. The number of carbonyl (C=O) groups is 1. The van der Waals surface area contributed by atoms with Gasteiger partial charge in [0, 0.05) is 27.3 Å². The number of carbonyl (C=O) groups excluding carboxylic acids is 1. The van der Waals surface area contributed by atoms with Gasteiger partial charge in [-0.05, 0) is 62.2 Å². The number of fused-ring (bicyclic) bond motifs is 3. The van der Waals surface area contributed by atoms with Gasteiger partial charge in [0.25, 0.3) is 0 Å². The van der Waals surface area contributed by atoms with Crippen LogP contribution in [0.4, 0.5) is 0 Å². The lowest BCUT2D eigenvalue weighted by atomic mass is 9.97. The molecule has 1 aliphatic carbocycles. The van der Waals surface area contributed by atoms with Gasteiger partial charge >= 0.3 is 5.97 Å². The number of hydrogen-bond acceptors (Lipinski definition) is 2. The first-order chi connectivity index (χ1) is 14.5. The normalized spacial score (nSPS) is 13.7. The van der Waals surface area contributed by atoms with E-state index in [2.05, 4.69) is 60.7 Å². The molecule has 0 N–H and O–H groups in total. The molecule has 0 saturated heterocycles. The average molecular weight is 412 g/mol. The van der Waals surface area contributed by atoms with Crippen molar-refractivity contribution in [1.82, 2.24) is 0 Å². The highest BCUT2D eigenvalue weighted by atomic mass is 32.2. The van der Waals surface area contributed by atoms with Crippen LogP contribution in [-0.2, 0) is 4.74 Å². The topological polar surface area (TPSA) is 26.3 Å². The van der Waals surface area contributed by atoms with Crippen molar-refractivity contribution in [2.24, 2.45) is 0 Å². The zero-order valence-corrected chi connectivity index (χ0v) is 17.9. The monoisotopic (exact) mass is 411 g/mol. The molecule has 0 atom stereocenters. The smallest absolute Gasteiger partial charge is 0.339 e. The van der Waals surface area contributed by atoms with Gasteiger partial charge in [0.2, 0.25) is 0 Å². The van der Waals surface area contributed by atoms with Crippen molar-refractivity contribution in [3.8, 4) is 4.90 Å². The quantitative estimate of drug-likeness (QED) is 0.256. The van der Waals surface area contributed by atoms with E-state index in [4.69, 9.17) is 4.74 Å². The minimum absolute atomic E-state index is 0.222. The molecule has 3 heteroatoms. The fourth-order valence-corrected chi connectivity index (χ4v) is 6.54. The highest BCUT2D eigenvalue weighted by molar-refractivity contribution is 7.50. The first kappa shape index (κ1) is 18.8. The van der Waals surface area contributed by atoms with Gasteiger partial charge in [-0.1, -0.05) is 48.6 Å². The highest BCUT2D eigenvalue weighted by Gasteiger charge is 2.29. The Balaban J connectivity index is 1.56. The molecule has 148 valence electrons. The summed E-state index contributed by atoms with van der Waals surface area (Å²) < 4.78 is 8.54. The molecule has 0 bridgehead atoms. The lowest BCUT2D eigenvalue weighted by Gasteiger charge is -2.26. The lowest BCUT2D eigenvalue weighted by Crippen LogP contribution is -2.30. The van der Waals surface area contributed by atoms with Crippen molar-refractivity contribution in [1.29, 1.82) is 0 Å². The molecule has 0 radical (unpaired) electrons. The van der Waals surface area contributed by atoms with Crippen molar-refractivity contribution in [3.63, 3.8) is 0 Å². The van der Waals surface area contributed by atoms with Crippen LogP contribution >= 0.6 is 10.5 Å². The summed E-state index contributed by atoms with van der Waals surface area (Å²) in [7, 11) is -0.222. The summed E-state index contributed by atoms with van der Waals surface area (Å²) in [6, 6.07) is 25.1. The van der Waals surface area contributed by atoms with Crippen molar-refractivity contribution in [2.75, 3.05) is 0 Å². The molecule has 0 fully saturated rings. The number of hydrogen-bond donors (Lipinski definition) is 0. The number of ether oxygens (including phenoxy) is 1. The zero-order valence-electron chi connectivity index (χ0n) is 17.1. The van der Waals surface area contributed by atoms with Crippen LogP contribution in [0, 0.1) is 0 Å². The van der Waals surface area contributed by atoms with Crippen LogP contribution in [0.2, 0.25) is 0 Å². The first-order valence-electron chi connectivity index (χ1n) is 10.2. The van der Waals surface area contributed by atoms with Crippen LogP contribution < -0.4 is 0 Å². The van der Waals surface area contributed by atoms with E-state index in [0.717, 1.165) is 16.9 Å². The zero-order chi connectivity index (χ0) is 20.7. The summed E-state index contributed by atoms with van der Waals surface area (Å²) in [4.78, 5) is 14.1. The van der Waals surface area contributed by atoms with Crippen molar-refractivity contribution in [2.45, 2.75) is 25.9 Å². The third-order valence-corrected chi connectivity index (χ3v) is 8.02. The largest absolute Gasteiger partial charge is 0.452 e. The van der Waals surface area contributed by atoms with E-state index in [0.29, 0.717) is 5.56 Å². The van der Waals surface area contributed by atoms with E-state index in [-0.39, 0.29) is 16.4 Å². The Hall–Kier alpha value is -3.17.